The van der Waals surface area contributed by atoms with Gasteiger partial charge in [0.1, 0.15) is 23.8 Å². The highest BCUT2D eigenvalue weighted by Gasteiger charge is 2.43. The Labute approximate surface area is 228 Å². The van der Waals surface area contributed by atoms with Crippen LogP contribution >= 0.6 is 11.6 Å². The molecule has 4 amide bonds. The molecule has 1 aliphatic carbocycles. The van der Waals surface area contributed by atoms with E-state index in [-0.39, 0.29) is 59.8 Å². The Hall–Kier alpha value is -3.73. The number of pyridine rings is 1. The highest BCUT2D eigenvalue weighted by Crippen LogP contribution is 2.39. The fraction of sp³-hybridized carbons (Fsp3) is 0.444. The largest absolute Gasteiger partial charge is 0.446 e. The number of anilines is 1. The zero-order valence-corrected chi connectivity index (χ0v) is 22.0. The first-order chi connectivity index (χ1) is 18.7. The average molecular weight is 556 g/mol. The van der Waals surface area contributed by atoms with E-state index in [4.69, 9.17) is 16.3 Å². The summed E-state index contributed by atoms with van der Waals surface area (Å²) in [4.78, 5) is 57.3. The molecule has 2 aromatic rings. The smallest absolute Gasteiger partial charge is 0.407 e. The van der Waals surface area contributed by atoms with Crippen molar-refractivity contribution in [3.63, 3.8) is 0 Å². The van der Waals surface area contributed by atoms with Crippen LogP contribution in [-0.4, -0.2) is 57.9 Å². The van der Waals surface area contributed by atoms with E-state index in [1.54, 1.807) is 6.20 Å². The molecule has 0 spiro atoms. The van der Waals surface area contributed by atoms with Gasteiger partial charge in [-0.15, -0.1) is 0 Å². The number of nitrogens with zero attached hydrogens (tertiary/aromatic N) is 3. The molecule has 4 aliphatic rings. The van der Waals surface area contributed by atoms with Gasteiger partial charge in [-0.3, -0.25) is 19.7 Å². The number of carbonyl (C=O) groups excluding carboxylic acids is 4. The summed E-state index contributed by atoms with van der Waals surface area (Å²) >= 11 is 6.38. The Morgan fingerprint density at radius 3 is 2.87 bits per heavy atom. The fourth-order valence-electron chi connectivity index (χ4n) is 6.04. The third-order valence-electron chi connectivity index (χ3n) is 8.04. The second kappa shape index (κ2) is 9.78. The predicted octanol–water partition coefficient (Wildman–Crippen LogP) is 2.84. The summed E-state index contributed by atoms with van der Waals surface area (Å²) in [6.45, 7) is 1.90. The van der Waals surface area contributed by atoms with Gasteiger partial charge in [-0.05, 0) is 37.5 Å². The molecule has 1 unspecified atom stereocenters. The first-order valence-electron chi connectivity index (χ1n) is 13.0. The van der Waals surface area contributed by atoms with Crippen molar-refractivity contribution in [2.24, 2.45) is 0 Å². The maximum absolute atomic E-state index is 15.4. The minimum Gasteiger partial charge on any atom is -0.446 e. The molecular formula is C27H27ClFN5O5. The number of fused-ring (bicyclic) bond motifs is 2. The number of rotatable bonds is 5. The normalized spacial score (nSPS) is 25.7. The van der Waals surface area contributed by atoms with Crippen LogP contribution in [0.1, 0.15) is 59.7 Å². The number of halogens is 2. The Morgan fingerprint density at radius 2 is 2.10 bits per heavy atom. The minimum absolute atomic E-state index is 0.0363. The molecule has 39 heavy (non-hydrogen) atoms. The van der Waals surface area contributed by atoms with Crippen molar-refractivity contribution in [3.8, 4) is 0 Å². The molecule has 2 atom stereocenters. The number of imide groups is 1. The third-order valence-corrected chi connectivity index (χ3v) is 8.38. The monoisotopic (exact) mass is 555 g/mol. The Bertz CT molecular complexity index is 1400. The van der Waals surface area contributed by atoms with Gasteiger partial charge in [-0.25, -0.2) is 14.2 Å². The highest BCUT2D eigenvalue weighted by molar-refractivity contribution is 6.32. The van der Waals surface area contributed by atoms with E-state index in [1.165, 1.54) is 16.5 Å². The standard InChI is InChI=1S/C27H27ClFN5O5/c1-13-7-14-3-2-6-30-24(14)34(13)16-9-17(10-16)39-27(38)31-11-15-8-19(28)18-12-33(26(37)22(18)23(15)29)20-4-5-21(35)32-25(20)36/h2-3,6,8,13,16-17,20H,4-5,7,9-12H2,1H3,(H,31,38)(H,32,35,36)/t13?,16?,17?,20-/m0/s1. The van der Waals surface area contributed by atoms with Crippen molar-refractivity contribution in [3.05, 3.63) is 57.5 Å². The van der Waals surface area contributed by atoms with Crippen molar-refractivity contribution in [1.29, 1.82) is 0 Å². The number of amides is 4. The molecule has 1 saturated carbocycles. The van der Waals surface area contributed by atoms with E-state index < -0.39 is 35.7 Å². The average Bonchev–Trinajstić information content (AvgIpc) is 3.39. The second-order valence-corrected chi connectivity index (χ2v) is 10.9. The molecule has 10 nitrogen and oxygen atoms in total. The predicted molar refractivity (Wildman–Crippen MR) is 137 cm³/mol. The molecule has 2 N–H and O–H groups in total. The quantitative estimate of drug-likeness (QED) is 0.544. The lowest BCUT2D eigenvalue weighted by Crippen LogP contribution is -2.52. The van der Waals surface area contributed by atoms with Crippen LogP contribution in [-0.2, 0) is 33.8 Å². The lowest BCUT2D eigenvalue weighted by atomic mass is 9.87. The number of alkyl carbamates (subject to hydrolysis) is 1. The van der Waals surface area contributed by atoms with Crippen molar-refractivity contribution >= 4 is 41.2 Å². The van der Waals surface area contributed by atoms with E-state index in [0.29, 0.717) is 18.9 Å². The van der Waals surface area contributed by atoms with Gasteiger partial charge in [0.15, 0.2) is 0 Å². The van der Waals surface area contributed by atoms with Crippen LogP contribution in [0.2, 0.25) is 5.02 Å². The molecule has 0 radical (unpaired) electrons. The summed E-state index contributed by atoms with van der Waals surface area (Å²) in [6.07, 6.45) is 3.39. The molecule has 0 bridgehead atoms. The lowest BCUT2D eigenvalue weighted by molar-refractivity contribution is -0.136. The van der Waals surface area contributed by atoms with Crippen molar-refractivity contribution < 1.29 is 28.3 Å². The van der Waals surface area contributed by atoms with Crippen molar-refractivity contribution in [2.75, 3.05) is 4.90 Å². The molecule has 4 heterocycles. The highest BCUT2D eigenvalue weighted by atomic mass is 35.5. The number of aromatic nitrogens is 1. The molecule has 204 valence electrons. The van der Waals surface area contributed by atoms with Gasteiger partial charge in [-0.2, -0.15) is 0 Å². The SMILES string of the molecule is CC1Cc2cccnc2N1C1CC(OC(=O)NCc2cc(Cl)c3c(c2F)C(=O)N([C@H]2CCC(=O)NC2=O)C3)C1. The van der Waals surface area contributed by atoms with Gasteiger partial charge >= 0.3 is 6.09 Å². The first kappa shape index (κ1) is 25.5. The van der Waals surface area contributed by atoms with Crippen LogP contribution in [0, 0.1) is 5.82 Å². The molecule has 1 saturated heterocycles. The molecular weight excluding hydrogens is 529 g/mol. The summed E-state index contributed by atoms with van der Waals surface area (Å²) in [5, 5.41) is 4.93. The van der Waals surface area contributed by atoms with Crippen molar-refractivity contribution in [2.45, 2.75) is 76.3 Å². The molecule has 2 fully saturated rings. The van der Waals surface area contributed by atoms with Crippen LogP contribution in [0.4, 0.5) is 15.0 Å². The van der Waals surface area contributed by atoms with Crippen LogP contribution in [0.5, 0.6) is 0 Å². The summed E-state index contributed by atoms with van der Waals surface area (Å²) < 4.78 is 20.9. The van der Waals surface area contributed by atoms with Crippen LogP contribution in [0.25, 0.3) is 0 Å². The van der Waals surface area contributed by atoms with Gasteiger partial charge in [0.05, 0.1) is 5.56 Å². The maximum atomic E-state index is 15.4. The number of carbonyl (C=O) groups is 4. The maximum Gasteiger partial charge on any atom is 0.407 e. The topological polar surface area (TPSA) is 121 Å². The number of hydrogen-bond acceptors (Lipinski definition) is 7. The van der Waals surface area contributed by atoms with Gasteiger partial charge < -0.3 is 19.9 Å². The van der Waals surface area contributed by atoms with Crippen molar-refractivity contribution in [1.82, 2.24) is 20.5 Å². The van der Waals surface area contributed by atoms with Crippen LogP contribution in [0.3, 0.4) is 0 Å². The van der Waals surface area contributed by atoms with Gasteiger partial charge in [0.2, 0.25) is 11.8 Å². The number of piperidine rings is 1. The lowest BCUT2D eigenvalue weighted by Gasteiger charge is -2.43. The first-order valence-corrected chi connectivity index (χ1v) is 13.4. The molecule has 12 heteroatoms. The third kappa shape index (κ3) is 4.48. The van der Waals surface area contributed by atoms with E-state index in [0.717, 1.165) is 12.2 Å². The Balaban J connectivity index is 1.05. The number of nitrogens with one attached hydrogen (secondary N) is 2. The van der Waals surface area contributed by atoms with Gasteiger partial charge in [0, 0.05) is 66.8 Å². The second-order valence-electron chi connectivity index (χ2n) is 10.5. The number of benzene rings is 1. The van der Waals surface area contributed by atoms with E-state index >= 15 is 4.39 Å². The van der Waals surface area contributed by atoms with Crippen LogP contribution < -0.4 is 15.5 Å². The number of hydrogen-bond donors (Lipinski definition) is 2. The molecule has 1 aromatic heterocycles. The van der Waals surface area contributed by atoms with E-state index in [2.05, 4.69) is 33.5 Å². The van der Waals surface area contributed by atoms with E-state index in [1.807, 2.05) is 6.07 Å². The zero-order valence-electron chi connectivity index (χ0n) is 21.2. The van der Waals surface area contributed by atoms with Gasteiger partial charge in [-0.1, -0.05) is 17.7 Å². The zero-order chi connectivity index (χ0) is 27.4. The Morgan fingerprint density at radius 1 is 1.31 bits per heavy atom. The Kier molecular flexibility index (Phi) is 6.41. The molecule has 3 aliphatic heterocycles. The van der Waals surface area contributed by atoms with E-state index in [9.17, 15) is 19.2 Å². The summed E-state index contributed by atoms with van der Waals surface area (Å²) in [5.41, 5.74) is 1.32. The minimum atomic E-state index is -0.881. The summed E-state index contributed by atoms with van der Waals surface area (Å²) in [7, 11) is 0. The number of ether oxygens (including phenoxy) is 1. The van der Waals surface area contributed by atoms with Crippen LogP contribution in [0.15, 0.2) is 24.4 Å². The molecule has 1 aromatic carbocycles. The summed E-state index contributed by atoms with van der Waals surface area (Å²) in [5.74, 6) is -1.47. The summed E-state index contributed by atoms with van der Waals surface area (Å²) in [6, 6.07) is 5.08. The fourth-order valence-corrected chi connectivity index (χ4v) is 6.33. The van der Waals surface area contributed by atoms with Gasteiger partial charge in [0.25, 0.3) is 5.91 Å². The molecule has 6 rings (SSSR count).